The molecule has 0 N–H and O–H groups in total. The molecule has 0 saturated heterocycles. The Morgan fingerprint density at radius 2 is 2.33 bits per heavy atom. The normalized spacial score (nSPS) is 14.7. The van der Waals surface area contributed by atoms with Crippen molar-refractivity contribution in [3.05, 3.63) is 0 Å². The number of hydrogen-bond donors (Lipinski definition) is 0. The van der Waals surface area contributed by atoms with Crippen molar-refractivity contribution in [1.82, 2.24) is 0 Å². The summed E-state index contributed by atoms with van der Waals surface area (Å²) in [6, 6.07) is 0. The minimum atomic E-state index is 0. The fourth-order valence-electron chi connectivity index (χ4n) is 0.183. The van der Waals surface area contributed by atoms with Gasteiger partial charge in [-0.25, -0.2) is 0 Å². The van der Waals surface area contributed by atoms with Crippen molar-refractivity contribution in [3.8, 4) is 0 Å². The Morgan fingerprint density at radius 3 is 2.50 bits per heavy atom. The standard InChI is InChI=1S/C2H3N3.B/c1-2-4-5-3-1;/h1H,2H2;. The molecule has 29 valence electrons. The SMILES string of the molecule is C1=NN=NC1.[B]. The molecule has 0 spiro atoms. The molecule has 3 nitrogen and oxygen atoms in total. The molecule has 0 fully saturated rings. The minimum Gasteiger partial charge on any atom is -0.163 e. The van der Waals surface area contributed by atoms with Gasteiger partial charge in [-0.2, -0.15) is 5.11 Å². The molecule has 6 heavy (non-hydrogen) atoms. The summed E-state index contributed by atoms with van der Waals surface area (Å²) < 4.78 is 0. The fourth-order valence-corrected chi connectivity index (χ4v) is 0.183. The molecule has 1 aliphatic rings. The molecule has 1 aliphatic heterocycles. The maximum atomic E-state index is 3.49. The van der Waals surface area contributed by atoms with E-state index >= 15 is 0 Å². The van der Waals surface area contributed by atoms with Gasteiger partial charge in [0.1, 0.15) is 0 Å². The van der Waals surface area contributed by atoms with Crippen LogP contribution in [-0.4, -0.2) is 21.2 Å². The Hall–Kier alpha value is -0.665. The Balaban J connectivity index is 0.000000250. The highest BCUT2D eigenvalue weighted by atomic mass is 15.4. The lowest BCUT2D eigenvalue weighted by molar-refractivity contribution is 1.06. The van der Waals surface area contributed by atoms with Gasteiger partial charge in [0.25, 0.3) is 0 Å². The first-order valence-electron chi connectivity index (χ1n) is 1.38. The smallest absolute Gasteiger partial charge is 0.0992 e. The van der Waals surface area contributed by atoms with Crippen molar-refractivity contribution >= 4 is 14.6 Å². The Kier molecular flexibility index (Phi) is 2.28. The van der Waals surface area contributed by atoms with E-state index in [9.17, 15) is 0 Å². The zero-order chi connectivity index (χ0) is 3.54. The van der Waals surface area contributed by atoms with Crippen LogP contribution in [0.2, 0.25) is 0 Å². The largest absolute Gasteiger partial charge is 0.163 e. The van der Waals surface area contributed by atoms with Gasteiger partial charge in [0.2, 0.25) is 0 Å². The van der Waals surface area contributed by atoms with Gasteiger partial charge in [-0.15, -0.1) is 5.10 Å². The number of hydrogen-bond acceptors (Lipinski definition) is 3. The van der Waals surface area contributed by atoms with E-state index in [-0.39, 0.29) is 8.41 Å². The molecule has 1 rings (SSSR count). The van der Waals surface area contributed by atoms with Crippen molar-refractivity contribution in [2.24, 2.45) is 15.4 Å². The molecule has 0 bridgehead atoms. The van der Waals surface area contributed by atoms with Crippen LogP contribution in [0.25, 0.3) is 0 Å². The topological polar surface area (TPSA) is 37.1 Å². The molecule has 0 unspecified atom stereocenters. The predicted molar refractivity (Wildman–Crippen MR) is 24.0 cm³/mol. The highest BCUT2D eigenvalue weighted by Crippen LogP contribution is 1.80. The first kappa shape index (κ1) is 5.33. The lowest BCUT2D eigenvalue weighted by Gasteiger charge is -1.52. The van der Waals surface area contributed by atoms with E-state index in [1.54, 1.807) is 6.21 Å². The molecule has 0 aliphatic carbocycles. The zero-order valence-electron chi connectivity index (χ0n) is 3.20. The van der Waals surface area contributed by atoms with E-state index in [0.717, 1.165) is 0 Å². The summed E-state index contributed by atoms with van der Waals surface area (Å²) >= 11 is 0. The Labute approximate surface area is 37.7 Å². The van der Waals surface area contributed by atoms with Crippen LogP contribution in [0, 0.1) is 0 Å². The lowest BCUT2D eigenvalue weighted by atomic mass is 10.8. The zero-order valence-corrected chi connectivity index (χ0v) is 3.20. The maximum Gasteiger partial charge on any atom is 0.0992 e. The molecule has 0 amide bonds. The molecule has 0 aromatic rings. The van der Waals surface area contributed by atoms with E-state index in [1.807, 2.05) is 0 Å². The Morgan fingerprint density at radius 1 is 1.50 bits per heavy atom. The molecule has 0 saturated carbocycles. The first-order chi connectivity index (χ1) is 2.50. The van der Waals surface area contributed by atoms with Crippen molar-refractivity contribution in [1.29, 1.82) is 0 Å². The van der Waals surface area contributed by atoms with Crippen molar-refractivity contribution < 1.29 is 0 Å². The van der Waals surface area contributed by atoms with Crippen LogP contribution in [0.5, 0.6) is 0 Å². The van der Waals surface area contributed by atoms with Crippen LogP contribution >= 0.6 is 0 Å². The summed E-state index contributed by atoms with van der Waals surface area (Å²) in [5.41, 5.74) is 0. The molecule has 0 atom stereocenters. The third-order valence-corrected chi connectivity index (χ3v) is 0.360. The second-order valence-corrected chi connectivity index (χ2v) is 0.711. The van der Waals surface area contributed by atoms with E-state index in [4.69, 9.17) is 0 Å². The summed E-state index contributed by atoms with van der Waals surface area (Å²) in [4.78, 5) is 0. The van der Waals surface area contributed by atoms with E-state index in [1.165, 1.54) is 0 Å². The van der Waals surface area contributed by atoms with Crippen LogP contribution in [0.3, 0.4) is 0 Å². The lowest BCUT2D eigenvalue weighted by Crippen LogP contribution is -1.65. The van der Waals surface area contributed by atoms with Crippen molar-refractivity contribution in [2.45, 2.75) is 0 Å². The van der Waals surface area contributed by atoms with Crippen LogP contribution < -0.4 is 0 Å². The maximum absolute atomic E-state index is 3.49. The molecule has 0 aromatic heterocycles. The van der Waals surface area contributed by atoms with E-state index in [2.05, 4.69) is 15.4 Å². The fraction of sp³-hybridized carbons (Fsp3) is 0.500. The minimum absolute atomic E-state index is 0. The highest BCUT2D eigenvalue weighted by Gasteiger charge is 1.75. The van der Waals surface area contributed by atoms with Gasteiger partial charge in [-0.05, 0) is 5.22 Å². The van der Waals surface area contributed by atoms with E-state index in [0.29, 0.717) is 6.54 Å². The first-order valence-corrected chi connectivity index (χ1v) is 1.38. The molecule has 0 aromatic carbocycles. The highest BCUT2D eigenvalue weighted by molar-refractivity contribution is 5.75. The summed E-state index contributed by atoms with van der Waals surface area (Å²) in [5, 5.41) is 10.2. The molecular weight excluding hydrogens is 76.9 g/mol. The van der Waals surface area contributed by atoms with Crippen molar-refractivity contribution in [3.63, 3.8) is 0 Å². The van der Waals surface area contributed by atoms with Gasteiger partial charge in [-0.3, -0.25) is 0 Å². The van der Waals surface area contributed by atoms with Gasteiger partial charge < -0.3 is 0 Å². The molecule has 3 radical (unpaired) electrons. The third kappa shape index (κ3) is 0.968. The second-order valence-electron chi connectivity index (χ2n) is 0.711. The van der Waals surface area contributed by atoms with Crippen LogP contribution in [0.15, 0.2) is 15.4 Å². The van der Waals surface area contributed by atoms with Crippen molar-refractivity contribution in [2.75, 3.05) is 6.54 Å². The van der Waals surface area contributed by atoms with Gasteiger partial charge in [0, 0.05) is 8.41 Å². The molecule has 1 heterocycles. The summed E-state index contributed by atoms with van der Waals surface area (Å²) in [6.45, 7) is 0.667. The summed E-state index contributed by atoms with van der Waals surface area (Å²) in [6.07, 6.45) is 1.65. The van der Waals surface area contributed by atoms with Gasteiger partial charge in [0.15, 0.2) is 0 Å². The number of rotatable bonds is 0. The summed E-state index contributed by atoms with van der Waals surface area (Å²) in [5.74, 6) is 0. The van der Waals surface area contributed by atoms with Gasteiger partial charge in [0.05, 0.1) is 12.8 Å². The van der Waals surface area contributed by atoms with Crippen LogP contribution in [0.4, 0.5) is 0 Å². The Bertz CT molecular complexity index is 66.9. The summed E-state index contributed by atoms with van der Waals surface area (Å²) in [7, 11) is 0. The van der Waals surface area contributed by atoms with Crippen LogP contribution in [0.1, 0.15) is 0 Å². The third-order valence-electron chi connectivity index (χ3n) is 0.360. The van der Waals surface area contributed by atoms with E-state index < -0.39 is 0 Å². The molecule has 4 heteroatoms. The van der Waals surface area contributed by atoms with Crippen LogP contribution in [-0.2, 0) is 0 Å². The quantitative estimate of drug-likeness (QED) is 0.369. The van der Waals surface area contributed by atoms with Gasteiger partial charge in [-0.1, -0.05) is 0 Å². The molecular formula is C2H3BN3. The average molecular weight is 79.9 g/mol. The number of nitrogens with zero attached hydrogens (tertiary/aromatic N) is 3. The average Bonchev–Trinajstić information content (AvgIpc) is 1.76. The van der Waals surface area contributed by atoms with Gasteiger partial charge >= 0.3 is 0 Å². The predicted octanol–water partition coefficient (Wildman–Crippen LogP) is 0.0572. The second kappa shape index (κ2) is 2.57. The monoisotopic (exact) mass is 80.0 g/mol.